The molecule has 0 radical (unpaired) electrons. The van der Waals surface area contributed by atoms with E-state index in [1.165, 1.54) is 19.4 Å². The first-order valence-electron chi connectivity index (χ1n) is 4.82. The lowest BCUT2D eigenvalue weighted by molar-refractivity contribution is 0.0694. The van der Waals surface area contributed by atoms with Crippen LogP contribution >= 0.6 is 0 Å². The highest BCUT2D eigenvalue weighted by Crippen LogP contribution is 2.17. The highest BCUT2D eigenvalue weighted by molar-refractivity contribution is 5.94. The molecule has 2 aromatic heterocycles. The summed E-state index contributed by atoms with van der Waals surface area (Å²) in [4.78, 5) is 26.8. The van der Waals surface area contributed by atoms with Gasteiger partial charge in [0.25, 0.3) is 5.56 Å². The van der Waals surface area contributed by atoms with Crippen molar-refractivity contribution in [1.82, 2.24) is 14.8 Å². The maximum Gasteiger partial charge on any atom is 0.342 e. The van der Waals surface area contributed by atoms with Crippen LogP contribution in [0.5, 0.6) is 0 Å². The number of hydrogen-bond acceptors (Lipinski definition) is 4. The van der Waals surface area contributed by atoms with Crippen molar-refractivity contribution in [2.24, 2.45) is 7.05 Å². The average Bonchev–Trinajstić information content (AvgIpc) is 2.33. The Morgan fingerprint density at radius 1 is 1.41 bits per heavy atom. The topological polar surface area (TPSA) is 85.1 Å². The van der Waals surface area contributed by atoms with Crippen LogP contribution in [-0.2, 0) is 7.05 Å². The Bertz CT molecular complexity index is 620. The fourth-order valence-corrected chi connectivity index (χ4v) is 1.46. The predicted molar refractivity (Wildman–Crippen MR) is 59.7 cm³/mol. The van der Waals surface area contributed by atoms with Gasteiger partial charge in [-0.1, -0.05) is 6.07 Å². The molecule has 86 valence electrons. The summed E-state index contributed by atoms with van der Waals surface area (Å²) in [7, 11) is 1.40. The molecule has 0 aliphatic heterocycles. The van der Waals surface area contributed by atoms with Gasteiger partial charge in [0.05, 0.1) is 11.9 Å². The van der Waals surface area contributed by atoms with Gasteiger partial charge in [-0.25, -0.2) is 9.48 Å². The van der Waals surface area contributed by atoms with E-state index in [2.05, 4.69) is 10.1 Å². The van der Waals surface area contributed by atoms with E-state index in [4.69, 9.17) is 5.11 Å². The lowest BCUT2D eigenvalue weighted by Crippen LogP contribution is -2.27. The molecule has 6 heteroatoms. The number of aromatic carboxylic acids is 1. The second-order valence-corrected chi connectivity index (χ2v) is 3.38. The molecule has 0 bridgehead atoms. The maximum atomic E-state index is 11.7. The van der Waals surface area contributed by atoms with E-state index in [-0.39, 0.29) is 11.1 Å². The first-order valence-corrected chi connectivity index (χ1v) is 4.82. The number of aryl methyl sites for hydroxylation is 1. The van der Waals surface area contributed by atoms with Crippen LogP contribution in [0.2, 0.25) is 0 Å². The Morgan fingerprint density at radius 2 is 2.18 bits per heavy atom. The molecule has 0 aliphatic rings. The van der Waals surface area contributed by atoms with Gasteiger partial charge in [-0.3, -0.25) is 9.78 Å². The monoisotopic (exact) mass is 231 g/mol. The predicted octanol–water partition coefficient (Wildman–Crippen LogP) is 0.540. The fraction of sp³-hybridized carbons (Fsp3) is 0.0909. The SMILES string of the molecule is Cn1ncc(-c2ccccn2)c(C(=O)O)c1=O. The van der Waals surface area contributed by atoms with Gasteiger partial charge in [0, 0.05) is 18.8 Å². The molecule has 2 aromatic rings. The smallest absolute Gasteiger partial charge is 0.342 e. The van der Waals surface area contributed by atoms with Crippen LogP contribution in [0.1, 0.15) is 10.4 Å². The van der Waals surface area contributed by atoms with Crippen molar-refractivity contribution in [2.75, 3.05) is 0 Å². The van der Waals surface area contributed by atoms with Gasteiger partial charge in [-0.2, -0.15) is 5.10 Å². The molecule has 0 saturated heterocycles. The van der Waals surface area contributed by atoms with Crippen LogP contribution in [0.3, 0.4) is 0 Å². The molecular weight excluding hydrogens is 222 g/mol. The normalized spacial score (nSPS) is 10.2. The van der Waals surface area contributed by atoms with Crippen LogP contribution in [0.4, 0.5) is 0 Å². The van der Waals surface area contributed by atoms with Gasteiger partial charge in [0.15, 0.2) is 0 Å². The summed E-state index contributed by atoms with van der Waals surface area (Å²) in [5.41, 5.74) is -0.335. The van der Waals surface area contributed by atoms with Crippen molar-refractivity contribution in [1.29, 1.82) is 0 Å². The molecule has 0 spiro atoms. The number of hydrogen-bond donors (Lipinski definition) is 1. The second-order valence-electron chi connectivity index (χ2n) is 3.38. The minimum atomic E-state index is -1.28. The standard InChI is InChI=1S/C11H9N3O3/c1-14-10(15)9(11(16)17)7(6-13-14)8-4-2-3-5-12-8/h2-6H,1H3,(H,16,17). The molecule has 17 heavy (non-hydrogen) atoms. The molecule has 2 heterocycles. The Balaban J connectivity index is 2.76. The van der Waals surface area contributed by atoms with E-state index in [0.29, 0.717) is 5.69 Å². The average molecular weight is 231 g/mol. The number of carbonyl (C=O) groups is 1. The Hall–Kier alpha value is -2.50. The number of rotatable bonds is 2. The summed E-state index contributed by atoms with van der Waals surface area (Å²) in [6.07, 6.45) is 2.85. The van der Waals surface area contributed by atoms with Crippen LogP contribution < -0.4 is 5.56 Å². The van der Waals surface area contributed by atoms with Gasteiger partial charge in [-0.05, 0) is 12.1 Å². The lowest BCUT2D eigenvalue weighted by atomic mass is 10.1. The van der Waals surface area contributed by atoms with Crippen molar-refractivity contribution in [3.63, 3.8) is 0 Å². The molecule has 2 rings (SSSR count). The third-order valence-corrected chi connectivity index (χ3v) is 2.29. The summed E-state index contributed by atoms with van der Waals surface area (Å²) >= 11 is 0. The van der Waals surface area contributed by atoms with Gasteiger partial charge in [0.1, 0.15) is 5.56 Å². The van der Waals surface area contributed by atoms with E-state index in [1.54, 1.807) is 18.2 Å². The lowest BCUT2D eigenvalue weighted by Gasteiger charge is -2.05. The molecule has 0 aliphatic carbocycles. The summed E-state index contributed by atoms with van der Waals surface area (Å²) in [5, 5.41) is 12.9. The van der Waals surface area contributed by atoms with Crippen LogP contribution in [-0.4, -0.2) is 25.8 Å². The van der Waals surface area contributed by atoms with Crippen molar-refractivity contribution >= 4 is 5.97 Å². The van der Waals surface area contributed by atoms with E-state index in [1.807, 2.05) is 0 Å². The van der Waals surface area contributed by atoms with E-state index in [0.717, 1.165) is 4.68 Å². The Morgan fingerprint density at radius 3 is 2.76 bits per heavy atom. The minimum absolute atomic E-state index is 0.223. The molecular formula is C11H9N3O3. The zero-order valence-electron chi connectivity index (χ0n) is 8.99. The molecule has 0 atom stereocenters. The maximum absolute atomic E-state index is 11.7. The fourth-order valence-electron chi connectivity index (χ4n) is 1.46. The zero-order valence-corrected chi connectivity index (χ0v) is 8.99. The molecule has 6 nitrogen and oxygen atoms in total. The minimum Gasteiger partial charge on any atom is -0.477 e. The van der Waals surface area contributed by atoms with Crippen LogP contribution in [0.15, 0.2) is 35.4 Å². The summed E-state index contributed by atoms with van der Waals surface area (Å²) < 4.78 is 0.982. The zero-order chi connectivity index (χ0) is 12.4. The van der Waals surface area contributed by atoms with Gasteiger partial charge >= 0.3 is 5.97 Å². The van der Waals surface area contributed by atoms with Gasteiger partial charge in [0.2, 0.25) is 0 Å². The quantitative estimate of drug-likeness (QED) is 0.815. The first kappa shape index (κ1) is 11.0. The van der Waals surface area contributed by atoms with Crippen LogP contribution in [0.25, 0.3) is 11.3 Å². The van der Waals surface area contributed by atoms with Gasteiger partial charge < -0.3 is 5.11 Å². The summed E-state index contributed by atoms with van der Waals surface area (Å²) in [6.45, 7) is 0. The van der Waals surface area contributed by atoms with Gasteiger partial charge in [-0.15, -0.1) is 0 Å². The molecule has 0 saturated carbocycles. The number of aromatic nitrogens is 3. The van der Waals surface area contributed by atoms with Crippen LogP contribution in [0, 0.1) is 0 Å². The Labute approximate surface area is 96.2 Å². The van der Waals surface area contributed by atoms with E-state index in [9.17, 15) is 9.59 Å². The highest BCUT2D eigenvalue weighted by atomic mass is 16.4. The van der Waals surface area contributed by atoms with E-state index < -0.39 is 11.5 Å². The number of nitrogens with zero attached hydrogens (tertiary/aromatic N) is 3. The van der Waals surface area contributed by atoms with Crippen molar-refractivity contribution in [3.05, 3.63) is 46.5 Å². The first-order chi connectivity index (χ1) is 8.11. The number of carboxylic acids is 1. The van der Waals surface area contributed by atoms with E-state index >= 15 is 0 Å². The molecule has 1 N–H and O–H groups in total. The molecule has 0 fully saturated rings. The highest BCUT2D eigenvalue weighted by Gasteiger charge is 2.18. The third kappa shape index (κ3) is 1.92. The van der Waals surface area contributed by atoms with Crippen molar-refractivity contribution in [3.8, 4) is 11.3 Å². The second kappa shape index (κ2) is 4.17. The molecule has 0 aromatic carbocycles. The summed E-state index contributed by atoms with van der Waals surface area (Å²) in [5.74, 6) is -1.28. The molecule has 0 unspecified atom stereocenters. The molecule has 0 amide bonds. The third-order valence-electron chi connectivity index (χ3n) is 2.29. The van der Waals surface area contributed by atoms with Crippen molar-refractivity contribution < 1.29 is 9.90 Å². The summed E-state index contributed by atoms with van der Waals surface area (Å²) in [6, 6.07) is 5.05. The number of pyridine rings is 1. The largest absolute Gasteiger partial charge is 0.477 e. The van der Waals surface area contributed by atoms with Crippen molar-refractivity contribution in [2.45, 2.75) is 0 Å². The number of carboxylic acid groups (broad SMARTS) is 1. The Kier molecular flexibility index (Phi) is 2.70.